The molecule has 1 aliphatic heterocycles. The fourth-order valence-corrected chi connectivity index (χ4v) is 3.78. The van der Waals surface area contributed by atoms with E-state index in [-0.39, 0.29) is 11.7 Å². The Balaban J connectivity index is 1.48. The van der Waals surface area contributed by atoms with Crippen LogP contribution >= 0.6 is 0 Å². The molecule has 6 heteroatoms. The van der Waals surface area contributed by atoms with Gasteiger partial charge in [-0.05, 0) is 53.1 Å². The van der Waals surface area contributed by atoms with Crippen LogP contribution in [0.3, 0.4) is 0 Å². The van der Waals surface area contributed by atoms with Gasteiger partial charge in [0.1, 0.15) is 0 Å². The van der Waals surface area contributed by atoms with Crippen molar-refractivity contribution in [1.82, 2.24) is 14.7 Å². The molecular formula is C23H18N4O2. The fraction of sp³-hybridized carbons (Fsp3) is 0.0870. The van der Waals surface area contributed by atoms with Crippen LogP contribution in [-0.2, 0) is 6.54 Å². The molecule has 5 rings (SSSR count). The number of amides is 1. The average Bonchev–Trinajstić information content (AvgIpc) is 3.12. The predicted molar refractivity (Wildman–Crippen MR) is 111 cm³/mol. The van der Waals surface area contributed by atoms with Gasteiger partial charge in [0.2, 0.25) is 0 Å². The first-order chi connectivity index (χ1) is 14.2. The summed E-state index contributed by atoms with van der Waals surface area (Å²) >= 11 is 0. The minimum absolute atomic E-state index is 0.108. The molecule has 0 saturated carbocycles. The largest absolute Gasteiger partial charge is 0.323 e. The summed E-state index contributed by atoms with van der Waals surface area (Å²) in [4.78, 5) is 28.6. The van der Waals surface area contributed by atoms with Crippen molar-refractivity contribution in [1.29, 1.82) is 0 Å². The number of pyridine rings is 2. The van der Waals surface area contributed by atoms with Gasteiger partial charge >= 0.3 is 0 Å². The quantitative estimate of drug-likeness (QED) is 0.568. The number of hydrogen-bond donors (Lipinski definition) is 2. The zero-order chi connectivity index (χ0) is 19.8. The van der Waals surface area contributed by atoms with Gasteiger partial charge in [0.05, 0.1) is 17.6 Å². The smallest absolute Gasteiger partial charge is 0.257 e. The standard InChI is InChI=1S/C23H18N4O2/c28-21-14-25-13-20-18(7-10-27-11-8-19(21)22(20)27)15-3-5-17(6-4-15)26-23(29)16-2-1-9-24-12-16/h1-12,25H,13-14H2,(H,26,29). The SMILES string of the molecule is O=C(Nc1ccc(-c2ccn3ccc4c3c2CNCC4=O)cc1)c1cccnc1. The first kappa shape index (κ1) is 17.3. The maximum atomic E-state index is 12.3. The van der Waals surface area contributed by atoms with Gasteiger partial charge in [0.15, 0.2) is 5.78 Å². The van der Waals surface area contributed by atoms with Crippen LogP contribution in [0.25, 0.3) is 16.6 Å². The molecule has 29 heavy (non-hydrogen) atoms. The van der Waals surface area contributed by atoms with Gasteiger partial charge in [-0.3, -0.25) is 14.6 Å². The lowest BCUT2D eigenvalue weighted by Crippen LogP contribution is -2.19. The topological polar surface area (TPSA) is 75.5 Å². The van der Waals surface area contributed by atoms with Gasteiger partial charge in [-0.25, -0.2) is 0 Å². The first-order valence-electron chi connectivity index (χ1n) is 9.39. The molecule has 1 amide bonds. The van der Waals surface area contributed by atoms with Gasteiger partial charge in [-0.2, -0.15) is 0 Å². The van der Waals surface area contributed by atoms with Crippen molar-refractivity contribution in [2.45, 2.75) is 6.54 Å². The van der Waals surface area contributed by atoms with Crippen LogP contribution in [-0.4, -0.2) is 27.6 Å². The van der Waals surface area contributed by atoms with Gasteiger partial charge in [-0.15, -0.1) is 0 Å². The molecule has 0 saturated heterocycles. The highest BCUT2D eigenvalue weighted by Gasteiger charge is 2.20. The average molecular weight is 382 g/mol. The zero-order valence-corrected chi connectivity index (χ0v) is 15.6. The number of carbonyl (C=O) groups excluding carboxylic acids is 2. The van der Waals surface area contributed by atoms with Crippen molar-refractivity contribution in [2.24, 2.45) is 0 Å². The Bertz CT molecular complexity index is 1230. The maximum Gasteiger partial charge on any atom is 0.257 e. The number of rotatable bonds is 3. The fourth-order valence-electron chi connectivity index (χ4n) is 3.78. The molecule has 6 nitrogen and oxygen atoms in total. The Hall–Kier alpha value is -3.77. The third-order valence-corrected chi connectivity index (χ3v) is 5.19. The van der Waals surface area contributed by atoms with Crippen molar-refractivity contribution < 1.29 is 9.59 Å². The van der Waals surface area contributed by atoms with E-state index in [1.54, 1.807) is 18.3 Å². The van der Waals surface area contributed by atoms with Crippen molar-refractivity contribution >= 4 is 22.9 Å². The molecule has 142 valence electrons. The summed E-state index contributed by atoms with van der Waals surface area (Å²) in [5.41, 5.74) is 6.16. The Morgan fingerprint density at radius 2 is 1.79 bits per heavy atom. The summed E-state index contributed by atoms with van der Waals surface area (Å²) in [6.07, 6.45) is 7.08. The van der Waals surface area contributed by atoms with Gasteiger partial charge in [0.25, 0.3) is 5.91 Å². The van der Waals surface area contributed by atoms with Crippen LogP contribution in [0, 0.1) is 0 Å². The van der Waals surface area contributed by atoms with Crippen molar-refractivity contribution in [2.75, 3.05) is 11.9 Å². The molecule has 2 N–H and O–H groups in total. The number of nitrogens with zero attached hydrogens (tertiary/aromatic N) is 2. The van der Waals surface area contributed by atoms with Crippen molar-refractivity contribution in [3.8, 4) is 11.1 Å². The Morgan fingerprint density at radius 3 is 2.55 bits per heavy atom. The lowest BCUT2D eigenvalue weighted by Gasteiger charge is -2.13. The van der Waals surface area contributed by atoms with Crippen LogP contribution in [0.15, 0.2) is 73.3 Å². The monoisotopic (exact) mass is 382 g/mol. The summed E-state index contributed by atoms with van der Waals surface area (Å²) in [6, 6.07) is 15.1. The van der Waals surface area contributed by atoms with Gasteiger partial charge in [-0.1, -0.05) is 12.1 Å². The molecule has 1 aliphatic rings. The summed E-state index contributed by atoms with van der Waals surface area (Å²) in [5, 5.41) is 6.12. The van der Waals surface area contributed by atoms with Gasteiger partial charge < -0.3 is 15.0 Å². The molecule has 3 aromatic heterocycles. The number of hydrogen-bond acceptors (Lipinski definition) is 4. The number of ketones is 1. The van der Waals surface area contributed by atoms with E-state index in [2.05, 4.69) is 21.7 Å². The molecule has 0 atom stereocenters. The first-order valence-corrected chi connectivity index (χ1v) is 9.39. The van der Waals surface area contributed by atoms with Crippen molar-refractivity contribution in [3.63, 3.8) is 0 Å². The highest BCUT2D eigenvalue weighted by atomic mass is 16.1. The van der Waals surface area contributed by atoms with E-state index in [1.165, 1.54) is 6.20 Å². The summed E-state index contributed by atoms with van der Waals surface area (Å²) < 4.78 is 2.00. The number of nitrogens with one attached hydrogen (secondary N) is 2. The lowest BCUT2D eigenvalue weighted by atomic mass is 9.98. The van der Waals surface area contributed by atoms with E-state index >= 15 is 0 Å². The molecule has 4 aromatic rings. The number of benzene rings is 1. The highest BCUT2D eigenvalue weighted by molar-refractivity contribution is 6.06. The Morgan fingerprint density at radius 1 is 1.00 bits per heavy atom. The number of aromatic nitrogens is 2. The molecule has 0 bridgehead atoms. The number of Topliss-reactive ketones (excluding diaryl/α,β-unsaturated/α-hetero) is 1. The molecule has 0 aliphatic carbocycles. The molecule has 4 heterocycles. The molecule has 0 unspecified atom stereocenters. The minimum atomic E-state index is -0.195. The van der Waals surface area contributed by atoms with E-state index in [0.29, 0.717) is 24.3 Å². The minimum Gasteiger partial charge on any atom is -0.323 e. The molecule has 0 radical (unpaired) electrons. The molecule has 0 spiro atoms. The zero-order valence-electron chi connectivity index (χ0n) is 15.6. The summed E-state index contributed by atoms with van der Waals surface area (Å²) in [7, 11) is 0. The molecular weight excluding hydrogens is 364 g/mol. The third kappa shape index (κ3) is 3.09. The number of anilines is 1. The summed E-state index contributed by atoms with van der Waals surface area (Å²) in [5.74, 6) is -0.0868. The van der Waals surface area contributed by atoms with Crippen LogP contribution in [0.5, 0.6) is 0 Å². The second-order valence-corrected chi connectivity index (χ2v) is 6.99. The molecule has 1 aromatic carbocycles. The third-order valence-electron chi connectivity index (χ3n) is 5.19. The van der Waals surface area contributed by atoms with Crippen LogP contribution in [0.2, 0.25) is 0 Å². The van der Waals surface area contributed by atoms with Gasteiger partial charge in [0, 0.05) is 42.6 Å². The Labute approximate surface area is 167 Å². The number of carbonyl (C=O) groups is 2. The predicted octanol–water partition coefficient (Wildman–Crippen LogP) is 3.54. The second-order valence-electron chi connectivity index (χ2n) is 6.99. The summed E-state index contributed by atoms with van der Waals surface area (Å²) in [6.45, 7) is 0.967. The van der Waals surface area contributed by atoms with E-state index < -0.39 is 0 Å². The maximum absolute atomic E-state index is 12.3. The van der Waals surface area contributed by atoms with Crippen LogP contribution in [0.1, 0.15) is 26.3 Å². The van der Waals surface area contributed by atoms with Crippen LogP contribution < -0.4 is 10.6 Å². The normalized spacial score (nSPS) is 13.3. The van der Waals surface area contributed by atoms with E-state index in [9.17, 15) is 9.59 Å². The lowest BCUT2D eigenvalue weighted by molar-refractivity contribution is 0.0992. The second kappa shape index (κ2) is 7.00. The van der Waals surface area contributed by atoms with E-state index in [0.717, 1.165) is 27.8 Å². The highest BCUT2D eigenvalue weighted by Crippen LogP contribution is 2.31. The van der Waals surface area contributed by atoms with Crippen LogP contribution in [0.4, 0.5) is 5.69 Å². The van der Waals surface area contributed by atoms with Crippen molar-refractivity contribution in [3.05, 3.63) is 90.0 Å². The van der Waals surface area contributed by atoms with E-state index in [1.807, 2.05) is 47.1 Å². The van der Waals surface area contributed by atoms with E-state index in [4.69, 9.17) is 0 Å². The Kier molecular flexibility index (Phi) is 4.18. The molecule has 0 fully saturated rings.